The second kappa shape index (κ2) is 12.5. The fraction of sp³-hybridized carbons (Fsp3) is 0.632. The molecule has 0 bridgehead atoms. The van der Waals surface area contributed by atoms with Gasteiger partial charge in [0, 0.05) is 52.9 Å². The van der Waals surface area contributed by atoms with Crippen molar-refractivity contribution < 1.29 is 4.39 Å². The minimum atomic E-state index is -0.191. The first-order chi connectivity index (χ1) is 12.1. The lowest BCUT2D eigenvalue weighted by atomic mass is 10.1. The average molecular weight is 477 g/mol. The summed E-state index contributed by atoms with van der Waals surface area (Å²) in [5.41, 5.74) is 1.12. The molecule has 1 aliphatic rings. The van der Waals surface area contributed by atoms with Gasteiger partial charge in [0.1, 0.15) is 5.82 Å². The van der Waals surface area contributed by atoms with E-state index in [1.54, 1.807) is 7.05 Å². The standard InChI is InChI=1S/C19H32FN5.HI/c1-16(15-25-12-10-24(3)11-13-25)14-23-19(21-2)22-9-8-17-4-6-18(20)7-5-17;/h4-7,16H,8-15H2,1-3H3,(H2,21,22,23);1H. The van der Waals surface area contributed by atoms with Gasteiger partial charge in [0.25, 0.3) is 0 Å². The van der Waals surface area contributed by atoms with E-state index in [9.17, 15) is 4.39 Å². The van der Waals surface area contributed by atoms with Crippen LogP contribution in [0.5, 0.6) is 0 Å². The Balaban J connectivity index is 0.00000338. The predicted octanol–water partition coefficient (Wildman–Crippen LogP) is 2.03. The Morgan fingerprint density at radius 1 is 1.15 bits per heavy atom. The van der Waals surface area contributed by atoms with Crippen molar-refractivity contribution in [3.8, 4) is 0 Å². The third kappa shape index (κ3) is 8.64. The van der Waals surface area contributed by atoms with Crippen LogP contribution in [0.3, 0.4) is 0 Å². The molecule has 1 unspecified atom stereocenters. The Hall–Kier alpha value is -0.930. The summed E-state index contributed by atoms with van der Waals surface area (Å²) in [5.74, 6) is 1.20. The first-order valence-electron chi connectivity index (χ1n) is 9.16. The van der Waals surface area contributed by atoms with E-state index in [1.807, 2.05) is 12.1 Å². The zero-order valence-corrected chi connectivity index (χ0v) is 18.5. The molecule has 26 heavy (non-hydrogen) atoms. The van der Waals surface area contributed by atoms with E-state index in [4.69, 9.17) is 0 Å². The highest BCUT2D eigenvalue weighted by Gasteiger charge is 2.16. The molecule has 0 spiro atoms. The van der Waals surface area contributed by atoms with Gasteiger partial charge in [-0.25, -0.2) is 4.39 Å². The van der Waals surface area contributed by atoms with Gasteiger partial charge in [0.2, 0.25) is 0 Å². The molecule has 1 atom stereocenters. The van der Waals surface area contributed by atoms with Crippen LogP contribution in [-0.2, 0) is 6.42 Å². The monoisotopic (exact) mass is 477 g/mol. The number of hydrogen-bond acceptors (Lipinski definition) is 3. The molecule has 1 aromatic rings. The highest BCUT2D eigenvalue weighted by molar-refractivity contribution is 14.0. The third-order valence-corrected chi connectivity index (χ3v) is 4.63. The Bertz CT molecular complexity index is 529. The summed E-state index contributed by atoms with van der Waals surface area (Å²) >= 11 is 0. The molecule has 2 N–H and O–H groups in total. The number of nitrogens with zero attached hydrogens (tertiary/aromatic N) is 3. The molecule has 1 aliphatic heterocycles. The topological polar surface area (TPSA) is 42.9 Å². The van der Waals surface area contributed by atoms with Crippen molar-refractivity contribution in [3.05, 3.63) is 35.6 Å². The first kappa shape index (κ1) is 23.1. The molecule has 0 aliphatic carbocycles. The van der Waals surface area contributed by atoms with Crippen LogP contribution >= 0.6 is 24.0 Å². The number of hydrogen-bond donors (Lipinski definition) is 2. The van der Waals surface area contributed by atoms with Crippen LogP contribution in [-0.4, -0.2) is 75.7 Å². The van der Waals surface area contributed by atoms with Crippen LogP contribution in [0.4, 0.5) is 4.39 Å². The SMILES string of the molecule is CN=C(NCCc1ccc(F)cc1)NCC(C)CN1CCN(C)CC1.I. The minimum absolute atomic E-state index is 0. The smallest absolute Gasteiger partial charge is 0.190 e. The molecule has 2 rings (SSSR count). The largest absolute Gasteiger partial charge is 0.356 e. The number of likely N-dealkylation sites (N-methyl/N-ethyl adjacent to an activating group) is 1. The summed E-state index contributed by atoms with van der Waals surface area (Å²) in [7, 11) is 3.97. The highest BCUT2D eigenvalue weighted by Crippen LogP contribution is 2.04. The van der Waals surface area contributed by atoms with Crippen LogP contribution in [0.1, 0.15) is 12.5 Å². The Morgan fingerprint density at radius 2 is 1.81 bits per heavy atom. The Labute approximate surface area is 174 Å². The Morgan fingerprint density at radius 3 is 2.42 bits per heavy atom. The normalized spacial score (nSPS) is 17.5. The molecule has 1 fully saturated rings. The van der Waals surface area contributed by atoms with Crippen molar-refractivity contribution in [2.45, 2.75) is 13.3 Å². The lowest BCUT2D eigenvalue weighted by molar-refractivity contribution is 0.139. The number of halogens is 2. The summed E-state index contributed by atoms with van der Waals surface area (Å²) in [6.07, 6.45) is 0.845. The number of rotatable bonds is 7. The maximum atomic E-state index is 12.9. The second-order valence-corrected chi connectivity index (χ2v) is 6.97. The van der Waals surface area contributed by atoms with E-state index in [0.29, 0.717) is 5.92 Å². The number of nitrogens with one attached hydrogen (secondary N) is 2. The highest BCUT2D eigenvalue weighted by atomic mass is 127. The van der Waals surface area contributed by atoms with Gasteiger partial charge >= 0.3 is 0 Å². The van der Waals surface area contributed by atoms with Crippen molar-refractivity contribution in [1.29, 1.82) is 0 Å². The Kier molecular flexibility index (Phi) is 11.1. The quantitative estimate of drug-likeness (QED) is 0.359. The number of benzene rings is 1. The van der Waals surface area contributed by atoms with Crippen molar-refractivity contribution in [3.63, 3.8) is 0 Å². The molecule has 0 aromatic heterocycles. The number of piperazine rings is 1. The number of aliphatic imine (C=N–C) groups is 1. The first-order valence-corrected chi connectivity index (χ1v) is 9.16. The molecule has 0 saturated carbocycles. The average Bonchev–Trinajstić information content (AvgIpc) is 2.61. The fourth-order valence-electron chi connectivity index (χ4n) is 3.00. The van der Waals surface area contributed by atoms with Gasteiger partial charge in [0.15, 0.2) is 5.96 Å². The molecular formula is C19H33FIN5. The van der Waals surface area contributed by atoms with Crippen molar-refractivity contribution >= 4 is 29.9 Å². The lowest BCUT2D eigenvalue weighted by Crippen LogP contribution is -2.47. The second-order valence-electron chi connectivity index (χ2n) is 6.97. The van der Waals surface area contributed by atoms with E-state index in [1.165, 1.54) is 12.1 Å². The molecule has 7 heteroatoms. The van der Waals surface area contributed by atoms with Gasteiger partial charge in [-0.1, -0.05) is 19.1 Å². The van der Waals surface area contributed by atoms with E-state index in [-0.39, 0.29) is 29.8 Å². The van der Waals surface area contributed by atoms with E-state index < -0.39 is 0 Å². The molecular weight excluding hydrogens is 444 g/mol. The van der Waals surface area contributed by atoms with Crippen molar-refractivity contribution in [2.75, 3.05) is 59.9 Å². The summed E-state index contributed by atoms with van der Waals surface area (Å²) in [6, 6.07) is 6.65. The maximum absolute atomic E-state index is 12.9. The van der Waals surface area contributed by atoms with Gasteiger partial charge in [-0.3, -0.25) is 4.99 Å². The molecule has 1 heterocycles. The van der Waals surface area contributed by atoms with Gasteiger partial charge < -0.3 is 20.4 Å². The van der Waals surface area contributed by atoms with Crippen LogP contribution in [0.2, 0.25) is 0 Å². The molecule has 1 saturated heterocycles. The van der Waals surface area contributed by atoms with Crippen LogP contribution in [0.15, 0.2) is 29.3 Å². The van der Waals surface area contributed by atoms with E-state index in [0.717, 1.165) is 63.8 Å². The fourth-order valence-corrected chi connectivity index (χ4v) is 3.00. The van der Waals surface area contributed by atoms with Crippen molar-refractivity contribution in [2.24, 2.45) is 10.9 Å². The summed E-state index contributed by atoms with van der Waals surface area (Å²) in [6.45, 7) is 9.71. The summed E-state index contributed by atoms with van der Waals surface area (Å²) < 4.78 is 12.9. The van der Waals surface area contributed by atoms with Gasteiger partial charge in [-0.05, 0) is 37.1 Å². The lowest BCUT2D eigenvalue weighted by Gasteiger charge is -2.34. The molecule has 5 nitrogen and oxygen atoms in total. The van der Waals surface area contributed by atoms with Gasteiger partial charge in [-0.2, -0.15) is 0 Å². The predicted molar refractivity (Wildman–Crippen MR) is 118 cm³/mol. The molecule has 0 amide bonds. The zero-order chi connectivity index (χ0) is 18.1. The third-order valence-electron chi connectivity index (χ3n) is 4.63. The minimum Gasteiger partial charge on any atom is -0.356 e. The van der Waals surface area contributed by atoms with Crippen LogP contribution in [0.25, 0.3) is 0 Å². The molecule has 1 aromatic carbocycles. The summed E-state index contributed by atoms with van der Waals surface area (Å²) in [4.78, 5) is 9.20. The van der Waals surface area contributed by atoms with Crippen LogP contribution in [0, 0.1) is 11.7 Å². The van der Waals surface area contributed by atoms with Crippen molar-refractivity contribution in [1.82, 2.24) is 20.4 Å². The van der Waals surface area contributed by atoms with E-state index >= 15 is 0 Å². The van der Waals surface area contributed by atoms with E-state index in [2.05, 4.69) is 39.4 Å². The van der Waals surface area contributed by atoms with Crippen LogP contribution < -0.4 is 10.6 Å². The van der Waals surface area contributed by atoms with Gasteiger partial charge in [0.05, 0.1) is 0 Å². The maximum Gasteiger partial charge on any atom is 0.190 e. The summed E-state index contributed by atoms with van der Waals surface area (Å²) in [5, 5.41) is 6.73. The number of guanidine groups is 1. The van der Waals surface area contributed by atoms with Gasteiger partial charge in [-0.15, -0.1) is 24.0 Å². The molecule has 0 radical (unpaired) electrons. The zero-order valence-electron chi connectivity index (χ0n) is 16.2. The molecule has 148 valence electrons.